The van der Waals surface area contributed by atoms with Crippen LogP contribution < -0.4 is 15.4 Å². The first kappa shape index (κ1) is 27.1. The maximum atomic E-state index is 7.57. The molecule has 0 heterocycles. The van der Waals surface area contributed by atoms with Gasteiger partial charge in [0, 0.05) is 31.4 Å². The van der Waals surface area contributed by atoms with Crippen molar-refractivity contribution in [1.29, 1.82) is 0 Å². The number of aliphatic hydroxyl groups is 1. The molecule has 1 saturated carbocycles. The van der Waals surface area contributed by atoms with Gasteiger partial charge in [-0.3, -0.25) is 0 Å². The molecule has 1 unspecified atom stereocenters. The lowest BCUT2D eigenvalue weighted by atomic mass is 10.0. The number of nitrogens with one attached hydrogen (secondary N) is 2. The molecule has 29 heavy (non-hydrogen) atoms. The molecular formula is C24H39ClN2O2. The Balaban J connectivity index is 0.000000448. The summed E-state index contributed by atoms with van der Waals surface area (Å²) in [5, 5.41) is 14.4. The zero-order valence-corrected chi connectivity index (χ0v) is 20.0. The van der Waals surface area contributed by atoms with Crippen LogP contribution in [0.5, 0.6) is 5.75 Å². The van der Waals surface area contributed by atoms with Crippen LogP contribution in [0.15, 0.2) is 42.5 Å². The van der Waals surface area contributed by atoms with Crippen molar-refractivity contribution in [2.45, 2.75) is 47.0 Å². The molecular weight excluding hydrogens is 384 g/mol. The first-order valence-electron chi connectivity index (χ1n) is 10.2. The lowest BCUT2D eigenvalue weighted by molar-refractivity contribution is 0.318. The summed E-state index contributed by atoms with van der Waals surface area (Å²) in [4.78, 5) is 0. The molecule has 0 radical (unpaired) electrons. The molecule has 1 aliphatic rings. The van der Waals surface area contributed by atoms with Gasteiger partial charge in [0.05, 0.1) is 12.8 Å². The third-order valence-electron chi connectivity index (χ3n) is 4.55. The Morgan fingerprint density at radius 3 is 1.97 bits per heavy atom. The molecule has 0 spiro atoms. The fraction of sp³-hybridized carbons (Fsp3) is 0.500. The standard InChI is InChI=1S/C12H17N.C8H10ClNO.C2H6O.C2H6/c1-12(2)8-11(12)9-4-6-10(13-3)7-5-9;1-10-7-5-6(9)3-4-8(7)11-2;1-2-3;1-2/h4-7,11,13H,8H2,1-3H3;3-5,10H,1-2H3;3H,2H2,1H3;1-2H3. The van der Waals surface area contributed by atoms with Gasteiger partial charge in [-0.25, -0.2) is 0 Å². The number of ether oxygens (including phenoxy) is 1. The van der Waals surface area contributed by atoms with E-state index in [4.69, 9.17) is 21.4 Å². The number of hydrogen-bond donors (Lipinski definition) is 3. The normalized spacial score (nSPS) is 15.2. The zero-order chi connectivity index (χ0) is 22.4. The molecule has 0 aromatic heterocycles. The van der Waals surface area contributed by atoms with Gasteiger partial charge >= 0.3 is 0 Å². The van der Waals surface area contributed by atoms with Crippen LogP contribution in [0.25, 0.3) is 0 Å². The highest BCUT2D eigenvalue weighted by atomic mass is 35.5. The fourth-order valence-electron chi connectivity index (χ4n) is 2.79. The molecule has 164 valence electrons. The van der Waals surface area contributed by atoms with Crippen molar-refractivity contribution in [2.75, 3.05) is 38.4 Å². The van der Waals surface area contributed by atoms with Crippen LogP contribution in [0.2, 0.25) is 5.02 Å². The molecule has 4 nitrogen and oxygen atoms in total. The van der Waals surface area contributed by atoms with E-state index in [1.54, 1.807) is 20.1 Å². The number of halogens is 1. The predicted molar refractivity (Wildman–Crippen MR) is 129 cm³/mol. The van der Waals surface area contributed by atoms with E-state index < -0.39 is 0 Å². The first-order valence-corrected chi connectivity index (χ1v) is 10.6. The first-order chi connectivity index (χ1) is 13.8. The fourth-order valence-corrected chi connectivity index (χ4v) is 2.97. The highest BCUT2D eigenvalue weighted by molar-refractivity contribution is 6.30. The molecule has 5 heteroatoms. The summed E-state index contributed by atoms with van der Waals surface area (Å²) < 4.78 is 5.07. The summed E-state index contributed by atoms with van der Waals surface area (Å²) >= 11 is 5.76. The van der Waals surface area contributed by atoms with Gasteiger partial charge in [-0.15, -0.1) is 0 Å². The van der Waals surface area contributed by atoms with Crippen LogP contribution in [-0.4, -0.2) is 32.9 Å². The number of anilines is 2. The SMILES string of the molecule is CC.CCO.CNc1cc(Cl)ccc1OC.CNc1ccc(C2CC2(C)C)cc1. The van der Waals surface area contributed by atoms with Crippen molar-refractivity contribution in [3.05, 3.63) is 53.1 Å². The molecule has 2 aromatic rings. The van der Waals surface area contributed by atoms with E-state index in [0.717, 1.165) is 17.4 Å². The molecule has 0 saturated heterocycles. The molecule has 0 bridgehead atoms. The lowest BCUT2D eigenvalue weighted by Gasteiger charge is -2.06. The number of aliphatic hydroxyl groups excluding tert-OH is 1. The second-order valence-corrected chi connectivity index (χ2v) is 7.46. The summed E-state index contributed by atoms with van der Waals surface area (Å²) in [6, 6.07) is 14.2. The summed E-state index contributed by atoms with van der Waals surface area (Å²) in [6.45, 7) is 10.6. The van der Waals surface area contributed by atoms with Gasteiger partial charge in [-0.2, -0.15) is 0 Å². The molecule has 1 fully saturated rings. The van der Waals surface area contributed by atoms with E-state index in [0.29, 0.717) is 10.4 Å². The quantitative estimate of drug-likeness (QED) is 0.515. The number of benzene rings is 2. The Bertz CT molecular complexity index is 688. The maximum Gasteiger partial charge on any atom is 0.142 e. The van der Waals surface area contributed by atoms with Crippen molar-refractivity contribution < 1.29 is 9.84 Å². The topological polar surface area (TPSA) is 53.5 Å². The van der Waals surface area contributed by atoms with Gasteiger partial charge in [0.1, 0.15) is 5.75 Å². The molecule has 1 aliphatic carbocycles. The van der Waals surface area contributed by atoms with Crippen LogP contribution >= 0.6 is 11.6 Å². The minimum Gasteiger partial charge on any atom is -0.495 e. The van der Waals surface area contributed by atoms with Gasteiger partial charge in [-0.05, 0) is 60.6 Å². The van der Waals surface area contributed by atoms with Crippen molar-refractivity contribution >= 4 is 23.0 Å². The molecule has 2 aromatic carbocycles. The maximum absolute atomic E-state index is 7.57. The van der Waals surface area contributed by atoms with Gasteiger partial charge in [0.2, 0.25) is 0 Å². The monoisotopic (exact) mass is 422 g/mol. The van der Waals surface area contributed by atoms with E-state index in [9.17, 15) is 0 Å². The van der Waals surface area contributed by atoms with E-state index in [2.05, 4.69) is 48.7 Å². The Morgan fingerprint density at radius 2 is 1.59 bits per heavy atom. The van der Waals surface area contributed by atoms with Crippen LogP contribution in [0, 0.1) is 5.41 Å². The molecule has 0 amide bonds. The van der Waals surface area contributed by atoms with Crippen molar-refractivity contribution in [2.24, 2.45) is 5.41 Å². The van der Waals surface area contributed by atoms with Crippen LogP contribution in [0.3, 0.4) is 0 Å². The van der Waals surface area contributed by atoms with Crippen LogP contribution in [-0.2, 0) is 0 Å². The highest BCUT2D eigenvalue weighted by Crippen LogP contribution is 2.58. The van der Waals surface area contributed by atoms with Crippen molar-refractivity contribution in [1.82, 2.24) is 0 Å². The molecule has 3 rings (SSSR count). The van der Waals surface area contributed by atoms with E-state index in [-0.39, 0.29) is 6.61 Å². The summed E-state index contributed by atoms with van der Waals surface area (Å²) in [5.74, 6) is 1.59. The highest BCUT2D eigenvalue weighted by Gasteiger charge is 2.46. The Morgan fingerprint density at radius 1 is 1.07 bits per heavy atom. The van der Waals surface area contributed by atoms with E-state index in [1.165, 1.54) is 17.7 Å². The second-order valence-electron chi connectivity index (χ2n) is 7.03. The predicted octanol–water partition coefficient (Wildman–Crippen LogP) is 6.66. The van der Waals surface area contributed by atoms with Crippen molar-refractivity contribution in [3.8, 4) is 5.75 Å². The van der Waals surface area contributed by atoms with E-state index >= 15 is 0 Å². The van der Waals surface area contributed by atoms with Crippen LogP contribution in [0.1, 0.15) is 52.5 Å². The van der Waals surface area contributed by atoms with Gasteiger partial charge in [0.15, 0.2) is 0 Å². The number of methoxy groups -OCH3 is 1. The van der Waals surface area contributed by atoms with Crippen LogP contribution in [0.4, 0.5) is 11.4 Å². The number of rotatable bonds is 4. The Kier molecular flexibility index (Phi) is 13.2. The van der Waals surface area contributed by atoms with Gasteiger partial charge in [-0.1, -0.05) is 51.4 Å². The van der Waals surface area contributed by atoms with Gasteiger partial charge < -0.3 is 20.5 Å². The van der Waals surface area contributed by atoms with E-state index in [1.807, 2.05) is 40.1 Å². The summed E-state index contributed by atoms with van der Waals surface area (Å²) in [5.41, 5.74) is 4.13. The minimum absolute atomic E-state index is 0.250. The average Bonchev–Trinajstić information content (AvgIpc) is 3.38. The smallest absolute Gasteiger partial charge is 0.142 e. The lowest BCUT2D eigenvalue weighted by Crippen LogP contribution is -1.92. The molecule has 1 atom stereocenters. The molecule has 3 N–H and O–H groups in total. The second kappa shape index (κ2) is 14.1. The Labute approximate surface area is 182 Å². The average molecular weight is 423 g/mol. The zero-order valence-electron chi connectivity index (χ0n) is 19.3. The molecule has 0 aliphatic heterocycles. The van der Waals surface area contributed by atoms with Crippen molar-refractivity contribution in [3.63, 3.8) is 0 Å². The van der Waals surface area contributed by atoms with Gasteiger partial charge in [0.25, 0.3) is 0 Å². The largest absolute Gasteiger partial charge is 0.495 e. The minimum atomic E-state index is 0.250. The third kappa shape index (κ3) is 9.42. The third-order valence-corrected chi connectivity index (χ3v) is 4.78. The summed E-state index contributed by atoms with van der Waals surface area (Å²) in [6.07, 6.45) is 1.34. The summed E-state index contributed by atoms with van der Waals surface area (Å²) in [7, 11) is 5.41. The number of hydrogen-bond acceptors (Lipinski definition) is 4. The Hall–Kier alpha value is -1.91.